The fourth-order valence-electron chi connectivity index (χ4n) is 18.0. The molecule has 0 bridgehead atoms. The van der Waals surface area contributed by atoms with Gasteiger partial charge in [-0.3, -0.25) is 19.2 Å². The second-order valence-electron chi connectivity index (χ2n) is 30.2. The summed E-state index contributed by atoms with van der Waals surface area (Å²) < 4.78 is 33.0. The molecule has 1 saturated heterocycles. The van der Waals surface area contributed by atoms with Crippen LogP contribution in [0.4, 0.5) is 0 Å². The summed E-state index contributed by atoms with van der Waals surface area (Å²) in [5.41, 5.74) is 16.7. The van der Waals surface area contributed by atoms with Gasteiger partial charge in [-0.25, -0.2) is 19.2 Å². The van der Waals surface area contributed by atoms with Crippen molar-refractivity contribution in [3.63, 3.8) is 0 Å². The monoisotopic (exact) mass is 1520 g/mol. The van der Waals surface area contributed by atoms with Gasteiger partial charge in [-0.15, -0.1) is 0 Å². The highest BCUT2D eigenvalue weighted by atomic mass is 16.5. The van der Waals surface area contributed by atoms with E-state index in [0.29, 0.717) is 83.6 Å². The van der Waals surface area contributed by atoms with Crippen molar-refractivity contribution < 1.29 is 82.5 Å². The molecular weight excluding hydrogens is 1430 g/mol. The Balaban J connectivity index is 0.000000141. The maximum atomic E-state index is 14.0. The number of aliphatic carboxylic acids is 2. The number of hydrogen-bond donors (Lipinski definition) is 4. The van der Waals surface area contributed by atoms with Crippen LogP contribution in [-0.2, 0) is 53.1 Å². The van der Waals surface area contributed by atoms with Crippen LogP contribution in [0.25, 0.3) is 84.7 Å². The highest BCUT2D eigenvalue weighted by Crippen LogP contribution is 2.51. The number of esters is 1. The number of rotatable bonds is 16. The van der Waals surface area contributed by atoms with Crippen molar-refractivity contribution in [1.29, 1.82) is 0 Å². The van der Waals surface area contributed by atoms with Crippen LogP contribution in [0.5, 0.6) is 17.2 Å². The van der Waals surface area contributed by atoms with Crippen molar-refractivity contribution in [1.82, 2.24) is 28.4 Å². The molecule has 582 valence electrons. The molecular formula is C89H94N6O17. The molecule has 0 spiro atoms. The zero-order valence-corrected chi connectivity index (χ0v) is 64.1. The summed E-state index contributed by atoms with van der Waals surface area (Å²) in [5, 5.41) is 41.9. The molecule has 0 radical (unpaired) electrons. The Bertz CT molecular complexity index is 5350. The molecule has 4 aliphatic heterocycles. The second kappa shape index (κ2) is 33.1. The molecule has 3 saturated carbocycles. The van der Waals surface area contributed by atoms with E-state index in [1.807, 2.05) is 102 Å². The minimum Gasteiger partial charge on any atom is -0.497 e. The smallest absolute Gasteiger partial charge is 0.337 e. The first-order valence-electron chi connectivity index (χ1n) is 38.7. The van der Waals surface area contributed by atoms with Gasteiger partial charge in [-0.05, 0) is 199 Å². The number of ether oxygens (including phenoxy) is 5. The molecule has 4 fully saturated rings. The molecule has 3 aliphatic carbocycles. The van der Waals surface area contributed by atoms with E-state index in [9.17, 15) is 58.8 Å². The quantitative estimate of drug-likeness (QED) is 0.0654. The van der Waals surface area contributed by atoms with Crippen molar-refractivity contribution in [2.24, 2.45) is 0 Å². The van der Waals surface area contributed by atoms with Crippen LogP contribution in [0.15, 0.2) is 126 Å². The number of amides is 3. The lowest BCUT2D eigenvalue weighted by Crippen LogP contribution is -2.46. The van der Waals surface area contributed by atoms with Crippen LogP contribution in [0.3, 0.4) is 0 Å². The van der Waals surface area contributed by atoms with Crippen LogP contribution in [0.2, 0.25) is 0 Å². The predicted octanol–water partition coefficient (Wildman–Crippen LogP) is 15.4. The van der Waals surface area contributed by atoms with Crippen molar-refractivity contribution in [3.05, 3.63) is 176 Å². The topological polar surface area (TPSA) is 288 Å². The van der Waals surface area contributed by atoms with Crippen LogP contribution in [0.1, 0.15) is 179 Å². The zero-order chi connectivity index (χ0) is 78.8. The van der Waals surface area contributed by atoms with Gasteiger partial charge in [0.15, 0.2) is 0 Å². The van der Waals surface area contributed by atoms with Crippen LogP contribution in [0, 0.1) is 0 Å². The summed E-state index contributed by atoms with van der Waals surface area (Å²) in [7, 11) is 9.32. The lowest BCUT2D eigenvalue weighted by atomic mass is 9.81. The van der Waals surface area contributed by atoms with Gasteiger partial charge in [-0.2, -0.15) is 0 Å². The molecule has 23 heteroatoms. The number of carbonyl (C=O) groups is 8. The third-order valence-electron chi connectivity index (χ3n) is 23.4. The highest BCUT2D eigenvalue weighted by Gasteiger charge is 2.36. The number of benzene rings is 6. The number of aromatic nitrogens is 3. The molecule has 3 amide bonds. The molecule has 7 aliphatic rings. The lowest BCUT2D eigenvalue weighted by molar-refractivity contribution is -0.142. The maximum absolute atomic E-state index is 14.0. The Hall–Kier alpha value is -11.7. The lowest BCUT2D eigenvalue weighted by Gasteiger charge is -2.29. The molecule has 23 nitrogen and oxygen atoms in total. The number of carboxylic acid groups (broad SMARTS) is 4. The van der Waals surface area contributed by atoms with E-state index in [1.54, 1.807) is 63.6 Å². The van der Waals surface area contributed by atoms with Gasteiger partial charge in [-0.1, -0.05) is 76.0 Å². The first-order valence-corrected chi connectivity index (χ1v) is 38.7. The number of carboxylic acids is 4. The largest absolute Gasteiger partial charge is 0.497 e. The minimum atomic E-state index is -1.09. The summed E-state index contributed by atoms with van der Waals surface area (Å²) in [5.74, 6) is -2.11. The second-order valence-corrected chi connectivity index (χ2v) is 30.2. The minimum absolute atomic E-state index is 0.0308. The van der Waals surface area contributed by atoms with E-state index >= 15 is 0 Å². The molecule has 16 rings (SSSR count). The molecule has 4 N–H and O–H groups in total. The molecule has 7 heterocycles. The number of aromatic carboxylic acids is 2. The summed E-state index contributed by atoms with van der Waals surface area (Å²) >= 11 is 0. The normalized spacial score (nSPS) is 16.2. The van der Waals surface area contributed by atoms with Crippen LogP contribution < -0.4 is 14.2 Å². The van der Waals surface area contributed by atoms with Gasteiger partial charge < -0.3 is 72.5 Å². The summed E-state index contributed by atoms with van der Waals surface area (Å²) in [6.07, 6.45) is 22.6. The molecule has 0 unspecified atom stereocenters. The number of morpholine rings is 1. The van der Waals surface area contributed by atoms with E-state index in [0.717, 1.165) is 147 Å². The van der Waals surface area contributed by atoms with Crippen molar-refractivity contribution in [3.8, 4) is 51.0 Å². The summed E-state index contributed by atoms with van der Waals surface area (Å²) in [6.45, 7) is 2.26. The van der Waals surface area contributed by atoms with Crippen molar-refractivity contribution in [2.45, 2.75) is 134 Å². The number of carbonyl (C=O) groups excluding carboxylic acids is 4. The Morgan fingerprint density at radius 1 is 0.420 bits per heavy atom. The Morgan fingerprint density at radius 2 is 0.768 bits per heavy atom. The number of methoxy groups -OCH3 is 4. The maximum Gasteiger partial charge on any atom is 0.337 e. The average molecular weight is 1520 g/mol. The van der Waals surface area contributed by atoms with E-state index in [1.165, 1.54) is 72.8 Å². The molecule has 0 atom stereocenters. The first-order chi connectivity index (χ1) is 54.1. The summed E-state index contributed by atoms with van der Waals surface area (Å²) in [6, 6.07) is 33.8. The predicted molar refractivity (Wildman–Crippen MR) is 426 cm³/mol. The third-order valence-corrected chi connectivity index (χ3v) is 23.4. The van der Waals surface area contributed by atoms with Gasteiger partial charge in [0.05, 0.1) is 107 Å². The number of nitrogens with zero attached hydrogens (tertiary/aromatic N) is 6. The Kier molecular flexibility index (Phi) is 22.7. The standard InChI is InChI=1S/C33H37N3O6.C29H30N2O6.C27H27NO5/c1-34(20-29(37)35-12-14-42-15-13-35)32(38)24-16-23-17-25(41-2)9-11-26(23)31-30(21-6-4-3-5-7-21)27-10-8-22(33(39)40)18-28(27)36(31)19-24;1-30(16-25(32)33)28(34)20-12-19-13-21(37-2)9-11-22(19)27-26(17-6-4-3-5-7-17)23-10-8-18(29(35)36)14-24(23)31(27)15-20;1-32-20-9-11-21-18(13-20)12-19(26(29)30)15-28-23-14-17(27(31)33-2)8-10-22(23)24(25(21)28)16-6-4-3-5-7-16/h8-11,16-18,21H,3-7,12-15,19-20H2,1-2H3,(H,39,40);8-14,17H,3-7,15-16H2,1-2H3,(H,32,33)(H,35,36);8-14,16H,3-7,15H2,1-2H3,(H,29,30). The summed E-state index contributed by atoms with van der Waals surface area (Å²) in [4.78, 5) is 104. The van der Waals surface area contributed by atoms with Gasteiger partial charge in [0.25, 0.3) is 11.8 Å². The van der Waals surface area contributed by atoms with Crippen LogP contribution >= 0.6 is 0 Å². The molecule has 9 aromatic rings. The SMILES string of the molecule is COC(=O)c1ccc2c(C3CCCCC3)c3n(c2c1)CC(C(=O)O)=Cc1cc(OC)ccc1-3.COc1ccc2c(c1)C=C(C(=O)N(C)CC(=O)N1CCOCC1)Cn1c-2c(C2CCCCC2)c2ccc(C(=O)O)cc21.COc1ccc2c(c1)C=C(C(=O)N(C)CC(=O)O)Cn1c-2c(C2CCCCC2)c2ccc(C(=O)O)cc21. The fourth-order valence-corrected chi connectivity index (χ4v) is 18.0. The molecule has 112 heavy (non-hydrogen) atoms. The van der Waals surface area contributed by atoms with Crippen molar-refractivity contribution >= 4 is 98.5 Å². The number of fused-ring (bicyclic) bond motifs is 15. The van der Waals surface area contributed by atoms with E-state index in [2.05, 4.69) is 9.13 Å². The van der Waals surface area contributed by atoms with Gasteiger partial charge in [0.2, 0.25) is 5.91 Å². The fraction of sp³-hybridized carbons (Fsp3) is 0.371. The molecule has 3 aromatic heterocycles. The van der Waals surface area contributed by atoms with E-state index < -0.39 is 36.4 Å². The number of likely N-dealkylation sites (N-methyl/N-ethyl adjacent to an activating group) is 2. The zero-order valence-electron chi connectivity index (χ0n) is 64.1. The Labute approximate surface area is 648 Å². The van der Waals surface area contributed by atoms with E-state index in [-0.39, 0.29) is 55.0 Å². The third kappa shape index (κ3) is 15.3. The van der Waals surface area contributed by atoms with Crippen molar-refractivity contribution in [2.75, 3.05) is 81.9 Å². The number of hydrogen-bond acceptors (Lipinski definition) is 13. The van der Waals surface area contributed by atoms with Gasteiger partial charge in [0, 0.05) is 87.7 Å². The average Bonchev–Trinajstić information content (AvgIpc) is 1.59. The Morgan fingerprint density at radius 3 is 1.12 bits per heavy atom. The van der Waals surface area contributed by atoms with Gasteiger partial charge >= 0.3 is 29.8 Å². The molecule has 6 aromatic carbocycles. The van der Waals surface area contributed by atoms with Gasteiger partial charge in [0.1, 0.15) is 23.8 Å². The first kappa shape index (κ1) is 77.0. The van der Waals surface area contributed by atoms with Crippen LogP contribution in [-0.4, -0.2) is 178 Å². The van der Waals surface area contributed by atoms with E-state index in [4.69, 9.17) is 23.7 Å². The highest BCUT2D eigenvalue weighted by molar-refractivity contribution is 6.07.